The number of hydrogen-bond donors (Lipinski definition) is 0. The van der Waals surface area contributed by atoms with Crippen LogP contribution in [0.4, 0.5) is 0 Å². The van der Waals surface area contributed by atoms with Crippen LogP contribution in [0.5, 0.6) is 0 Å². The molecule has 20 heavy (non-hydrogen) atoms. The summed E-state index contributed by atoms with van der Waals surface area (Å²) in [5.41, 5.74) is 1.16. The predicted molar refractivity (Wildman–Crippen MR) is 77.3 cm³/mol. The maximum absolute atomic E-state index is 12.6. The molecule has 1 heterocycles. The third kappa shape index (κ3) is 4.32. The first kappa shape index (κ1) is 15.0. The van der Waals surface area contributed by atoms with Gasteiger partial charge < -0.3 is 14.4 Å². The van der Waals surface area contributed by atoms with E-state index in [1.54, 1.807) is 7.11 Å². The molecule has 1 saturated heterocycles. The molecule has 1 aromatic rings. The second-order valence-electron chi connectivity index (χ2n) is 5.12. The SMILES string of the molecule is COCCN(Cc1ccccc1)C(=O)C1CCOCC1. The molecule has 0 atom stereocenters. The van der Waals surface area contributed by atoms with Crippen molar-refractivity contribution in [1.29, 1.82) is 0 Å². The monoisotopic (exact) mass is 277 g/mol. The molecular weight excluding hydrogens is 254 g/mol. The van der Waals surface area contributed by atoms with Crippen LogP contribution < -0.4 is 0 Å². The molecule has 0 aliphatic carbocycles. The lowest BCUT2D eigenvalue weighted by molar-refractivity contribution is -0.139. The van der Waals surface area contributed by atoms with Gasteiger partial charge in [-0.15, -0.1) is 0 Å². The summed E-state index contributed by atoms with van der Waals surface area (Å²) in [5.74, 6) is 0.332. The first-order valence-corrected chi connectivity index (χ1v) is 7.20. The van der Waals surface area contributed by atoms with Crippen molar-refractivity contribution in [1.82, 2.24) is 4.90 Å². The third-order valence-electron chi connectivity index (χ3n) is 3.66. The number of amides is 1. The Balaban J connectivity index is 2.00. The molecule has 2 rings (SSSR count). The van der Waals surface area contributed by atoms with E-state index in [0.29, 0.717) is 32.9 Å². The largest absolute Gasteiger partial charge is 0.383 e. The Morgan fingerprint density at radius 2 is 2.00 bits per heavy atom. The summed E-state index contributed by atoms with van der Waals surface area (Å²) < 4.78 is 10.5. The molecular formula is C16H23NO3. The van der Waals surface area contributed by atoms with Crippen LogP contribution >= 0.6 is 0 Å². The predicted octanol–water partition coefficient (Wildman–Crippen LogP) is 2.09. The van der Waals surface area contributed by atoms with Crippen LogP contribution in [-0.2, 0) is 20.8 Å². The molecule has 0 N–H and O–H groups in total. The van der Waals surface area contributed by atoms with Gasteiger partial charge in [0.15, 0.2) is 0 Å². The van der Waals surface area contributed by atoms with Gasteiger partial charge in [-0.1, -0.05) is 30.3 Å². The highest BCUT2D eigenvalue weighted by Gasteiger charge is 2.26. The number of ether oxygens (including phenoxy) is 2. The molecule has 110 valence electrons. The summed E-state index contributed by atoms with van der Waals surface area (Å²) in [7, 11) is 1.67. The first-order valence-electron chi connectivity index (χ1n) is 7.20. The summed E-state index contributed by atoms with van der Waals surface area (Å²) >= 11 is 0. The van der Waals surface area contributed by atoms with Crippen molar-refractivity contribution < 1.29 is 14.3 Å². The fraction of sp³-hybridized carbons (Fsp3) is 0.562. The van der Waals surface area contributed by atoms with Crippen molar-refractivity contribution in [3.63, 3.8) is 0 Å². The molecule has 0 saturated carbocycles. The first-order chi connectivity index (χ1) is 9.81. The molecule has 0 aromatic heterocycles. The molecule has 4 nitrogen and oxygen atoms in total. The average molecular weight is 277 g/mol. The van der Waals surface area contributed by atoms with E-state index in [-0.39, 0.29) is 11.8 Å². The minimum absolute atomic E-state index is 0.101. The Labute approximate surface area is 120 Å². The van der Waals surface area contributed by atoms with E-state index in [1.165, 1.54) is 0 Å². The van der Waals surface area contributed by atoms with Gasteiger partial charge in [0.25, 0.3) is 0 Å². The van der Waals surface area contributed by atoms with Crippen LogP contribution in [0.15, 0.2) is 30.3 Å². The minimum Gasteiger partial charge on any atom is -0.383 e. The number of benzene rings is 1. The Morgan fingerprint density at radius 1 is 1.30 bits per heavy atom. The number of hydrogen-bond acceptors (Lipinski definition) is 3. The van der Waals surface area contributed by atoms with E-state index in [1.807, 2.05) is 23.1 Å². The fourth-order valence-electron chi connectivity index (χ4n) is 2.48. The van der Waals surface area contributed by atoms with Crippen LogP contribution in [0, 0.1) is 5.92 Å². The molecule has 1 fully saturated rings. The standard InChI is InChI=1S/C16H23NO3/c1-19-12-9-17(13-14-5-3-2-4-6-14)16(18)15-7-10-20-11-8-15/h2-6,15H,7-13H2,1H3. The Hall–Kier alpha value is -1.39. The molecule has 1 aliphatic rings. The van der Waals surface area contributed by atoms with Gasteiger partial charge in [0.2, 0.25) is 5.91 Å². The van der Waals surface area contributed by atoms with Gasteiger partial charge in [-0.05, 0) is 18.4 Å². The number of methoxy groups -OCH3 is 1. The average Bonchev–Trinajstić information content (AvgIpc) is 2.52. The van der Waals surface area contributed by atoms with Gasteiger partial charge in [-0.2, -0.15) is 0 Å². The molecule has 1 amide bonds. The molecule has 1 aromatic carbocycles. The summed E-state index contributed by atoms with van der Waals surface area (Å²) in [4.78, 5) is 14.5. The highest BCUT2D eigenvalue weighted by molar-refractivity contribution is 5.79. The molecule has 0 radical (unpaired) electrons. The van der Waals surface area contributed by atoms with Crippen LogP contribution in [0.2, 0.25) is 0 Å². The quantitative estimate of drug-likeness (QED) is 0.799. The molecule has 1 aliphatic heterocycles. The summed E-state index contributed by atoms with van der Waals surface area (Å²) in [6.45, 7) is 3.25. The molecule has 0 spiro atoms. The van der Waals surface area contributed by atoms with Crippen molar-refractivity contribution in [2.24, 2.45) is 5.92 Å². The summed E-state index contributed by atoms with van der Waals surface area (Å²) in [6.07, 6.45) is 1.66. The minimum atomic E-state index is 0.101. The fourth-order valence-corrected chi connectivity index (χ4v) is 2.48. The second kappa shape index (κ2) is 8.02. The van der Waals surface area contributed by atoms with Crippen molar-refractivity contribution in [3.8, 4) is 0 Å². The third-order valence-corrected chi connectivity index (χ3v) is 3.66. The second-order valence-corrected chi connectivity index (χ2v) is 5.12. The van der Waals surface area contributed by atoms with Crippen molar-refractivity contribution >= 4 is 5.91 Å². The van der Waals surface area contributed by atoms with E-state index in [9.17, 15) is 4.79 Å². The van der Waals surface area contributed by atoms with E-state index < -0.39 is 0 Å². The van der Waals surface area contributed by atoms with Crippen LogP contribution in [0.1, 0.15) is 18.4 Å². The zero-order chi connectivity index (χ0) is 14.2. The number of nitrogens with zero attached hydrogens (tertiary/aromatic N) is 1. The molecule has 0 unspecified atom stereocenters. The van der Waals surface area contributed by atoms with Crippen LogP contribution in [0.25, 0.3) is 0 Å². The summed E-state index contributed by atoms with van der Waals surface area (Å²) in [6, 6.07) is 10.1. The number of carbonyl (C=O) groups is 1. The lowest BCUT2D eigenvalue weighted by atomic mass is 9.98. The van der Waals surface area contributed by atoms with Gasteiger partial charge in [0, 0.05) is 39.3 Å². The molecule has 0 bridgehead atoms. The Kier molecular flexibility index (Phi) is 6.02. The zero-order valence-corrected chi connectivity index (χ0v) is 12.1. The van der Waals surface area contributed by atoms with Gasteiger partial charge in [-0.3, -0.25) is 4.79 Å². The molecule has 4 heteroatoms. The highest BCUT2D eigenvalue weighted by atomic mass is 16.5. The lowest BCUT2D eigenvalue weighted by Crippen LogP contribution is -2.39. The number of rotatable bonds is 6. The van der Waals surface area contributed by atoms with E-state index in [4.69, 9.17) is 9.47 Å². The topological polar surface area (TPSA) is 38.8 Å². The van der Waals surface area contributed by atoms with Crippen molar-refractivity contribution in [2.45, 2.75) is 19.4 Å². The van der Waals surface area contributed by atoms with Gasteiger partial charge in [-0.25, -0.2) is 0 Å². The van der Waals surface area contributed by atoms with E-state index >= 15 is 0 Å². The highest BCUT2D eigenvalue weighted by Crippen LogP contribution is 2.19. The van der Waals surface area contributed by atoms with E-state index in [0.717, 1.165) is 18.4 Å². The maximum Gasteiger partial charge on any atom is 0.226 e. The Bertz CT molecular complexity index is 401. The van der Waals surface area contributed by atoms with Gasteiger partial charge >= 0.3 is 0 Å². The lowest BCUT2D eigenvalue weighted by Gasteiger charge is -2.29. The van der Waals surface area contributed by atoms with Crippen LogP contribution in [0.3, 0.4) is 0 Å². The number of carbonyl (C=O) groups excluding carboxylic acids is 1. The van der Waals surface area contributed by atoms with Crippen LogP contribution in [-0.4, -0.2) is 44.3 Å². The zero-order valence-electron chi connectivity index (χ0n) is 12.1. The van der Waals surface area contributed by atoms with Gasteiger partial charge in [0.1, 0.15) is 0 Å². The van der Waals surface area contributed by atoms with Crippen molar-refractivity contribution in [2.75, 3.05) is 33.5 Å². The Morgan fingerprint density at radius 3 is 2.65 bits per heavy atom. The maximum atomic E-state index is 12.6. The summed E-state index contributed by atoms with van der Waals surface area (Å²) in [5, 5.41) is 0. The van der Waals surface area contributed by atoms with Gasteiger partial charge in [0.05, 0.1) is 6.61 Å². The normalized spacial score (nSPS) is 16.1. The van der Waals surface area contributed by atoms with Crippen molar-refractivity contribution in [3.05, 3.63) is 35.9 Å². The smallest absolute Gasteiger partial charge is 0.226 e. The van der Waals surface area contributed by atoms with E-state index in [2.05, 4.69) is 12.1 Å².